The van der Waals surface area contributed by atoms with Crippen LogP contribution in [0.3, 0.4) is 0 Å². The van der Waals surface area contributed by atoms with Gasteiger partial charge in [0, 0.05) is 10.6 Å². The molecule has 0 aliphatic rings. The van der Waals surface area contributed by atoms with Gasteiger partial charge in [0.2, 0.25) is 0 Å². The molecule has 0 aromatic heterocycles. The SMILES string of the molecule is CC(C)(C)N([O])Cc1ccccc1Cl. The minimum absolute atomic E-state index is 0.336. The summed E-state index contributed by atoms with van der Waals surface area (Å²) in [5.74, 6) is 0. The smallest absolute Gasteiger partial charge is 0.0542 e. The molecule has 1 aromatic rings. The third-order valence-corrected chi connectivity index (χ3v) is 2.39. The van der Waals surface area contributed by atoms with Crippen LogP contribution in [0.15, 0.2) is 24.3 Å². The zero-order valence-electron chi connectivity index (χ0n) is 8.75. The third kappa shape index (κ3) is 2.98. The highest BCUT2D eigenvalue weighted by Gasteiger charge is 2.21. The minimum Gasteiger partial charge on any atom is -0.145 e. The lowest BCUT2D eigenvalue weighted by molar-refractivity contribution is -0.219. The molecule has 0 heterocycles. The molecule has 0 bridgehead atoms. The Hall–Kier alpha value is -0.570. The number of hydrogen-bond acceptors (Lipinski definition) is 1. The lowest BCUT2D eigenvalue weighted by atomic mass is 10.1. The zero-order chi connectivity index (χ0) is 10.8. The van der Waals surface area contributed by atoms with Gasteiger partial charge in [0.1, 0.15) is 0 Å². The van der Waals surface area contributed by atoms with Crippen molar-refractivity contribution in [2.24, 2.45) is 0 Å². The highest BCUT2D eigenvalue weighted by atomic mass is 35.5. The molecule has 0 spiro atoms. The lowest BCUT2D eigenvalue weighted by Gasteiger charge is -2.27. The van der Waals surface area contributed by atoms with Crippen molar-refractivity contribution in [1.29, 1.82) is 0 Å². The van der Waals surface area contributed by atoms with Gasteiger partial charge < -0.3 is 0 Å². The summed E-state index contributed by atoms with van der Waals surface area (Å²) in [5.41, 5.74) is 0.498. The van der Waals surface area contributed by atoms with Crippen LogP contribution < -0.4 is 0 Å². The molecule has 0 amide bonds. The van der Waals surface area contributed by atoms with Gasteiger partial charge in [0.05, 0.1) is 6.54 Å². The van der Waals surface area contributed by atoms with E-state index < -0.39 is 0 Å². The van der Waals surface area contributed by atoms with Crippen LogP contribution in [-0.4, -0.2) is 10.6 Å². The van der Waals surface area contributed by atoms with Gasteiger partial charge in [0.25, 0.3) is 0 Å². The van der Waals surface area contributed by atoms with Crippen LogP contribution in [0.2, 0.25) is 5.02 Å². The fraction of sp³-hybridized carbons (Fsp3) is 0.455. The van der Waals surface area contributed by atoms with Gasteiger partial charge >= 0.3 is 0 Å². The number of benzene rings is 1. The Kier molecular flexibility index (Phi) is 3.53. The quantitative estimate of drug-likeness (QED) is 0.690. The van der Waals surface area contributed by atoms with Crippen molar-refractivity contribution in [3.8, 4) is 0 Å². The van der Waals surface area contributed by atoms with Gasteiger partial charge in [0.15, 0.2) is 0 Å². The molecule has 0 fully saturated rings. The average Bonchev–Trinajstić information content (AvgIpc) is 2.07. The van der Waals surface area contributed by atoms with E-state index in [0.29, 0.717) is 11.6 Å². The molecule has 0 aliphatic carbocycles. The maximum absolute atomic E-state index is 11.6. The molecular formula is C11H15ClNO. The van der Waals surface area contributed by atoms with Crippen LogP contribution in [-0.2, 0) is 11.8 Å². The van der Waals surface area contributed by atoms with E-state index in [1.165, 1.54) is 0 Å². The van der Waals surface area contributed by atoms with E-state index in [2.05, 4.69) is 0 Å². The summed E-state index contributed by atoms with van der Waals surface area (Å²) in [6, 6.07) is 7.42. The Morgan fingerprint density at radius 2 is 1.86 bits per heavy atom. The Labute approximate surface area is 90.1 Å². The van der Waals surface area contributed by atoms with E-state index in [0.717, 1.165) is 10.6 Å². The van der Waals surface area contributed by atoms with Crippen LogP contribution >= 0.6 is 11.6 Å². The average molecular weight is 213 g/mol. The Morgan fingerprint density at radius 3 is 2.36 bits per heavy atom. The van der Waals surface area contributed by atoms with E-state index in [1.807, 2.05) is 39.0 Å². The van der Waals surface area contributed by atoms with Gasteiger partial charge in [-0.05, 0) is 32.4 Å². The van der Waals surface area contributed by atoms with Crippen molar-refractivity contribution in [3.63, 3.8) is 0 Å². The van der Waals surface area contributed by atoms with Crippen LogP contribution in [0, 0.1) is 0 Å². The predicted molar refractivity (Wildman–Crippen MR) is 57.4 cm³/mol. The van der Waals surface area contributed by atoms with Gasteiger partial charge in [-0.15, -0.1) is 10.3 Å². The predicted octanol–water partition coefficient (Wildman–Crippen LogP) is 3.29. The maximum Gasteiger partial charge on any atom is 0.0542 e. The maximum atomic E-state index is 11.6. The van der Waals surface area contributed by atoms with Crippen LogP contribution in [0.5, 0.6) is 0 Å². The molecule has 0 atom stereocenters. The van der Waals surface area contributed by atoms with Crippen LogP contribution in [0.25, 0.3) is 0 Å². The Bertz CT molecular complexity index is 306. The van der Waals surface area contributed by atoms with E-state index in [-0.39, 0.29) is 5.54 Å². The van der Waals surface area contributed by atoms with E-state index in [4.69, 9.17) is 11.6 Å². The molecule has 2 nitrogen and oxygen atoms in total. The van der Waals surface area contributed by atoms with Crippen molar-refractivity contribution >= 4 is 11.6 Å². The number of halogens is 1. The molecule has 77 valence electrons. The highest BCUT2D eigenvalue weighted by Crippen LogP contribution is 2.20. The molecule has 14 heavy (non-hydrogen) atoms. The minimum atomic E-state index is -0.376. The number of nitrogens with zero attached hydrogens (tertiary/aromatic N) is 1. The summed E-state index contributed by atoms with van der Waals surface area (Å²) in [6.45, 7) is 5.99. The second-order valence-corrected chi connectivity index (χ2v) is 4.71. The molecule has 0 unspecified atom stereocenters. The van der Waals surface area contributed by atoms with Crippen molar-refractivity contribution in [2.45, 2.75) is 32.9 Å². The zero-order valence-corrected chi connectivity index (χ0v) is 9.51. The van der Waals surface area contributed by atoms with Gasteiger partial charge in [-0.25, -0.2) is 0 Å². The second kappa shape index (κ2) is 4.30. The van der Waals surface area contributed by atoms with E-state index in [9.17, 15) is 5.21 Å². The van der Waals surface area contributed by atoms with Gasteiger partial charge in [-0.1, -0.05) is 29.8 Å². The number of rotatable bonds is 2. The van der Waals surface area contributed by atoms with E-state index >= 15 is 0 Å². The summed E-state index contributed by atoms with van der Waals surface area (Å²) < 4.78 is 0. The Morgan fingerprint density at radius 1 is 1.29 bits per heavy atom. The summed E-state index contributed by atoms with van der Waals surface area (Å²) in [6.07, 6.45) is 0. The molecule has 0 aliphatic heterocycles. The Balaban J connectivity index is 2.75. The molecular weight excluding hydrogens is 198 g/mol. The first-order valence-corrected chi connectivity index (χ1v) is 4.97. The monoisotopic (exact) mass is 212 g/mol. The fourth-order valence-electron chi connectivity index (χ4n) is 1.02. The summed E-state index contributed by atoms with van der Waals surface area (Å²) in [7, 11) is 0. The topological polar surface area (TPSA) is 23.1 Å². The number of hydrogen-bond donors (Lipinski definition) is 0. The molecule has 3 heteroatoms. The molecule has 0 saturated heterocycles. The standard InChI is InChI=1S/C11H15ClNO/c1-11(2,3)13(14)8-9-6-4-5-7-10(9)12/h4-7H,8H2,1-3H3. The van der Waals surface area contributed by atoms with Crippen molar-refractivity contribution in [1.82, 2.24) is 5.06 Å². The van der Waals surface area contributed by atoms with E-state index in [1.54, 1.807) is 6.07 Å². The lowest BCUT2D eigenvalue weighted by Crippen LogP contribution is -2.36. The first-order chi connectivity index (χ1) is 6.41. The summed E-state index contributed by atoms with van der Waals surface area (Å²) >= 11 is 5.95. The normalized spacial score (nSPS) is 12.1. The van der Waals surface area contributed by atoms with Gasteiger partial charge in [-0.2, -0.15) is 0 Å². The molecule has 1 rings (SSSR count). The molecule has 1 aromatic carbocycles. The van der Waals surface area contributed by atoms with Crippen molar-refractivity contribution in [3.05, 3.63) is 34.9 Å². The highest BCUT2D eigenvalue weighted by molar-refractivity contribution is 6.31. The molecule has 0 N–H and O–H groups in total. The van der Waals surface area contributed by atoms with Crippen LogP contribution in [0.4, 0.5) is 0 Å². The fourth-order valence-corrected chi connectivity index (χ4v) is 1.21. The molecule has 0 saturated carbocycles. The molecule has 1 radical (unpaired) electrons. The van der Waals surface area contributed by atoms with Crippen molar-refractivity contribution < 1.29 is 5.21 Å². The second-order valence-electron chi connectivity index (χ2n) is 4.30. The first-order valence-electron chi connectivity index (χ1n) is 4.59. The van der Waals surface area contributed by atoms with Crippen molar-refractivity contribution in [2.75, 3.05) is 0 Å². The summed E-state index contributed by atoms with van der Waals surface area (Å²) in [5, 5.41) is 13.3. The first kappa shape index (κ1) is 11.5. The third-order valence-electron chi connectivity index (χ3n) is 2.02. The largest absolute Gasteiger partial charge is 0.145 e. The number of hydroxylamine groups is 2. The summed E-state index contributed by atoms with van der Waals surface area (Å²) in [4.78, 5) is 0. The van der Waals surface area contributed by atoms with Crippen LogP contribution in [0.1, 0.15) is 26.3 Å². The van der Waals surface area contributed by atoms with Gasteiger partial charge in [-0.3, -0.25) is 0 Å².